The molecule has 6 nitrogen and oxygen atoms in total. The Kier molecular flexibility index (Phi) is 8.53. The molecule has 0 spiro atoms. The predicted molar refractivity (Wildman–Crippen MR) is 119 cm³/mol. The van der Waals surface area contributed by atoms with Gasteiger partial charge in [0.25, 0.3) is 0 Å². The van der Waals surface area contributed by atoms with Crippen LogP contribution in [0.1, 0.15) is 63.5 Å². The third kappa shape index (κ3) is 6.45. The first-order valence-electron chi connectivity index (χ1n) is 11.5. The van der Waals surface area contributed by atoms with Gasteiger partial charge in [-0.25, -0.2) is 0 Å². The van der Waals surface area contributed by atoms with Crippen molar-refractivity contribution in [1.29, 1.82) is 5.26 Å². The molecule has 1 saturated heterocycles. The largest absolute Gasteiger partial charge is 0.388 e. The lowest BCUT2D eigenvalue weighted by Gasteiger charge is -2.37. The summed E-state index contributed by atoms with van der Waals surface area (Å²) < 4.78 is 0. The normalized spacial score (nSPS) is 23.6. The van der Waals surface area contributed by atoms with Crippen molar-refractivity contribution in [2.75, 3.05) is 37.6 Å². The second kappa shape index (κ2) is 11.3. The Bertz CT molecular complexity index is 716. The van der Waals surface area contributed by atoms with Gasteiger partial charge in [0.15, 0.2) is 0 Å². The van der Waals surface area contributed by atoms with E-state index < -0.39 is 0 Å². The molecular formula is C24H36N4O2. The van der Waals surface area contributed by atoms with Crippen molar-refractivity contribution in [2.24, 2.45) is 5.92 Å². The van der Waals surface area contributed by atoms with Gasteiger partial charge < -0.3 is 15.3 Å². The van der Waals surface area contributed by atoms with Gasteiger partial charge in [-0.2, -0.15) is 5.26 Å². The highest BCUT2D eigenvalue weighted by atomic mass is 16.3. The third-order valence-electron chi connectivity index (χ3n) is 6.68. The minimum atomic E-state index is -0.374. The Balaban J connectivity index is 1.36. The lowest BCUT2D eigenvalue weighted by Crippen LogP contribution is -2.47. The Morgan fingerprint density at radius 2 is 1.97 bits per heavy atom. The monoisotopic (exact) mass is 412 g/mol. The van der Waals surface area contributed by atoms with Gasteiger partial charge in [0.05, 0.1) is 12.2 Å². The Labute approximate surface area is 180 Å². The summed E-state index contributed by atoms with van der Waals surface area (Å²) in [6.45, 7) is 7.39. The number of carbonyl (C=O) groups is 1. The first-order valence-corrected chi connectivity index (χ1v) is 11.5. The molecule has 0 aromatic heterocycles. The molecule has 30 heavy (non-hydrogen) atoms. The standard InChI is InChI=1S/C24H36N4O2/c1-2-23(29)20-4-3-5-22(18-20)28-16-14-27(15-17-28)13-11-19-6-8-21(9-7-19)26-24(30)10-12-25/h3-5,18-19,21,23,29H,2,6-11,13-17H2,1H3,(H,26,30)/t19-,21-,23?. The molecule has 1 atom stereocenters. The van der Waals surface area contributed by atoms with E-state index in [0.29, 0.717) is 0 Å². The van der Waals surface area contributed by atoms with Crippen LogP contribution in [0.3, 0.4) is 0 Å². The molecule has 2 aliphatic rings. The Morgan fingerprint density at radius 1 is 1.23 bits per heavy atom. The molecule has 0 bridgehead atoms. The number of carbonyl (C=O) groups excluding carboxylic acids is 1. The lowest BCUT2D eigenvalue weighted by molar-refractivity contribution is -0.121. The van der Waals surface area contributed by atoms with Gasteiger partial charge in [-0.1, -0.05) is 19.1 Å². The van der Waals surface area contributed by atoms with Crippen molar-refractivity contribution in [2.45, 2.75) is 64.0 Å². The van der Waals surface area contributed by atoms with E-state index in [9.17, 15) is 9.90 Å². The zero-order chi connectivity index (χ0) is 21.3. The van der Waals surface area contributed by atoms with Gasteiger partial charge in [0.2, 0.25) is 5.91 Å². The molecule has 164 valence electrons. The van der Waals surface area contributed by atoms with Crippen molar-refractivity contribution < 1.29 is 9.90 Å². The summed E-state index contributed by atoms with van der Waals surface area (Å²) in [5, 5.41) is 21.7. The van der Waals surface area contributed by atoms with Gasteiger partial charge >= 0.3 is 0 Å². The number of amides is 1. The van der Waals surface area contributed by atoms with Crippen molar-refractivity contribution >= 4 is 11.6 Å². The molecule has 1 aliphatic carbocycles. The van der Waals surface area contributed by atoms with Gasteiger partial charge in [-0.3, -0.25) is 9.69 Å². The first-order chi connectivity index (χ1) is 14.6. The van der Waals surface area contributed by atoms with E-state index in [-0.39, 0.29) is 24.5 Å². The smallest absolute Gasteiger partial charge is 0.234 e. The fourth-order valence-corrected chi connectivity index (χ4v) is 4.71. The van der Waals surface area contributed by atoms with E-state index in [0.717, 1.165) is 63.5 Å². The summed E-state index contributed by atoms with van der Waals surface area (Å²) in [6, 6.07) is 10.5. The van der Waals surface area contributed by atoms with Crippen LogP contribution < -0.4 is 10.2 Å². The molecule has 1 aliphatic heterocycles. The van der Waals surface area contributed by atoms with Gasteiger partial charge in [0, 0.05) is 37.9 Å². The van der Waals surface area contributed by atoms with E-state index in [1.165, 1.54) is 24.9 Å². The zero-order valence-electron chi connectivity index (χ0n) is 18.2. The molecule has 1 unspecified atom stereocenters. The maximum Gasteiger partial charge on any atom is 0.234 e. The summed E-state index contributed by atoms with van der Waals surface area (Å²) in [5.41, 5.74) is 2.23. The van der Waals surface area contributed by atoms with Crippen molar-refractivity contribution in [1.82, 2.24) is 10.2 Å². The number of nitrogens with one attached hydrogen (secondary N) is 1. The highest BCUT2D eigenvalue weighted by Crippen LogP contribution is 2.28. The van der Waals surface area contributed by atoms with Crippen LogP contribution in [-0.4, -0.2) is 54.7 Å². The highest BCUT2D eigenvalue weighted by molar-refractivity contribution is 5.78. The topological polar surface area (TPSA) is 79.6 Å². The molecule has 1 saturated carbocycles. The molecule has 1 aromatic rings. The third-order valence-corrected chi connectivity index (χ3v) is 6.68. The first kappa shape index (κ1) is 22.6. The molecule has 1 aromatic carbocycles. The van der Waals surface area contributed by atoms with Gasteiger partial charge in [-0.15, -0.1) is 0 Å². The van der Waals surface area contributed by atoms with E-state index in [1.54, 1.807) is 0 Å². The molecule has 3 rings (SSSR count). The molecule has 2 N–H and O–H groups in total. The van der Waals surface area contributed by atoms with Crippen molar-refractivity contribution in [3.8, 4) is 6.07 Å². The van der Waals surface area contributed by atoms with Crippen LogP contribution in [0.15, 0.2) is 24.3 Å². The summed E-state index contributed by atoms with van der Waals surface area (Å²) in [5.74, 6) is 0.618. The fraction of sp³-hybridized carbons (Fsp3) is 0.667. The number of hydrogen-bond donors (Lipinski definition) is 2. The maximum atomic E-state index is 11.6. The Morgan fingerprint density at radius 3 is 2.63 bits per heavy atom. The molecule has 1 amide bonds. The average Bonchev–Trinajstić information content (AvgIpc) is 2.78. The van der Waals surface area contributed by atoms with Gasteiger partial charge in [0.1, 0.15) is 6.42 Å². The van der Waals surface area contributed by atoms with Crippen LogP contribution >= 0.6 is 0 Å². The number of benzene rings is 1. The summed E-state index contributed by atoms with van der Waals surface area (Å²) in [4.78, 5) is 16.6. The molecular weight excluding hydrogens is 376 g/mol. The van der Waals surface area contributed by atoms with E-state index in [4.69, 9.17) is 5.26 Å². The predicted octanol–water partition coefficient (Wildman–Crippen LogP) is 3.23. The number of piperazine rings is 1. The number of nitriles is 1. The minimum Gasteiger partial charge on any atom is -0.388 e. The van der Waals surface area contributed by atoms with Crippen LogP contribution in [0.25, 0.3) is 0 Å². The SMILES string of the molecule is CCC(O)c1cccc(N2CCN(CC[C@H]3CC[C@H](NC(=O)CC#N)CC3)CC2)c1. The summed E-state index contributed by atoms with van der Waals surface area (Å²) in [7, 11) is 0. The van der Waals surface area contributed by atoms with Gasteiger partial charge in [-0.05, 0) is 68.7 Å². The van der Waals surface area contributed by atoms with Crippen LogP contribution in [0.5, 0.6) is 0 Å². The van der Waals surface area contributed by atoms with Crippen LogP contribution in [-0.2, 0) is 4.79 Å². The number of anilines is 1. The molecule has 6 heteroatoms. The quantitative estimate of drug-likeness (QED) is 0.685. The van der Waals surface area contributed by atoms with E-state index >= 15 is 0 Å². The van der Waals surface area contributed by atoms with Crippen LogP contribution in [0.2, 0.25) is 0 Å². The van der Waals surface area contributed by atoms with Crippen LogP contribution in [0.4, 0.5) is 5.69 Å². The van der Waals surface area contributed by atoms with Crippen molar-refractivity contribution in [3.63, 3.8) is 0 Å². The number of aliphatic hydroxyl groups excluding tert-OH is 1. The average molecular weight is 413 g/mol. The summed E-state index contributed by atoms with van der Waals surface area (Å²) >= 11 is 0. The highest BCUT2D eigenvalue weighted by Gasteiger charge is 2.24. The van der Waals surface area contributed by atoms with Crippen molar-refractivity contribution in [3.05, 3.63) is 29.8 Å². The van der Waals surface area contributed by atoms with Crippen LogP contribution in [0, 0.1) is 17.2 Å². The minimum absolute atomic E-state index is 0.0324. The molecule has 0 radical (unpaired) electrons. The molecule has 1 heterocycles. The summed E-state index contributed by atoms with van der Waals surface area (Å²) in [6.07, 6.45) is 5.98. The second-order valence-corrected chi connectivity index (χ2v) is 8.76. The number of rotatable bonds is 8. The Hall–Kier alpha value is -2.10. The molecule has 2 fully saturated rings. The number of hydrogen-bond acceptors (Lipinski definition) is 5. The van der Waals surface area contributed by atoms with E-state index in [2.05, 4.69) is 33.3 Å². The number of nitrogens with zero attached hydrogens (tertiary/aromatic N) is 3. The zero-order valence-corrected chi connectivity index (χ0v) is 18.2. The lowest BCUT2D eigenvalue weighted by atomic mass is 9.84. The second-order valence-electron chi connectivity index (χ2n) is 8.76. The fourth-order valence-electron chi connectivity index (χ4n) is 4.71. The number of aliphatic hydroxyl groups is 1. The maximum absolute atomic E-state index is 11.6. The van der Waals surface area contributed by atoms with E-state index in [1.807, 2.05) is 19.1 Å².